The summed E-state index contributed by atoms with van der Waals surface area (Å²) in [6, 6.07) is 11.2. The lowest BCUT2D eigenvalue weighted by Crippen LogP contribution is -2.24. The van der Waals surface area contributed by atoms with Crippen LogP contribution >= 0.6 is 0 Å². The lowest BCUT2D eigenvalue weighted by atomic mass is 10.2. The number of carbonyl (C=O) groups is 1. The number of hydrogen-bond acceptors (Lipinski definition) is 4. The van der Waals surface area contributed by atoms with Gasteiger partial charge in [0.05, 0.1) is 11.7 Å². The number of para-hydroxylation sites is 1. The van der Waals surface area contributed by atoms with E-state index in [9.17, 15) is 4.79 Å². The number of benzene rings is 1. The van der Waals surface area contributed by atoms with E-state index in [0.717, 1.165) is 16.5 Å². The van der Waals surface area contributed by atoms with Crippen molar-refractivity contribution in [3.8, 4) is 0 Å². The minimum absolute atomic E-state index is 0.239. The second kappa shape index (κ2) is 5.00. The monoisotopic (exact) mass is 267 g/mol. The number of nitrogens with zero attached hydrogens (tertiary/aromatic N) is 2. The van der Waals surface area contributed by atoms with Gasteiger partial charge in [-0.1, -0.05) is 24.3 Å². The van der Waals surface area contributed by atoms with Crippen LogP contribution in [0.25, 0.3) is 10.9 Å². The largest absolute Gasteiger partial charge is 0.384 e. The van der Waals surface area contributed by atoms with Crippen LogP contribution in [0.3, 0.4) is 0 Å². The van der Waals surface area contributed by atoms with E-state index in [-0.39, 0.29) is 5.91 Å². The highest BCUT2D eigenvalue weighted by Gasteiger charge is 2.09. The van der Waals surface area contributed by atoms with Crippen molar-refractivity contribution in [1.29, 1.82) is 0 Å². The van der Waals surface area contributed by atoms with Gasteiger partial charge in [0, 0.05) is 17.5 Å². The van der Waals surface area contributed by atoms with Crippen LogP contribution in [-0.4, -0.2) is 21.1 Å². The van der Waals surface area contributed by atoms with E-state index in [1.165, 1.54) is 0 Å². The zero-order valence-electron chi connectivity index (χ0n) is 10.6. The molecule has 0 aliphatic heterocycles. The molecule has 0 radical (unpaired) electrons. The minimum Gasteiger partial charge on any atom is -0.384 e. The summed E-state index contributed by atoms with van der Waals surface area (Å²) >= 11 is 0. The number of fused-ring (bicyclic) bond motifs is 1. The van der Waals surface area contributed by atoms with Gasteiger partial charge in [0.25, 0.3) is 5.91 Å². The van der Waals surface area contributed by atoms with Crippen molar-refractivity contribution in [3.63, 3.8) is 0 Å². The summed E-state index contributed by atoms with van der Waals surface area (Å²) in [6.07, 6.45) is 1.59. The second-order valence-corrected chi connectivity index (χ2v) is 4.38. The molecule has 100 valence electrons. The van der Waals surface area contributed by atoms with Crippen LogP contribution < -0.4 is 11.1 Å². The van der Waals surface area contributed by atoms with Crippen LogP contribution in [0.4, 0.5) is 5.82 Å². The van der Waals surface area contributed by atoms with Crippen LogP contribution in [0.1, 0.15) is 16.1 Å². The molecule has 0 aliphatic carbocycles. The Labute approximate surface area is 115 Å². The Morgan fingerprint density at radius 2 is 2.10 bits per heavy atom. The van der Waals surface area contributed by atoms with E-state index >= 15 is 0 Å². The van der Waals surface area contributed by atoms with Gasteiger partial charge in [-0.05, 0) is 12.1 Å². The highest BCUT2D eigenvalue weighted by molar-refractivity contribution is 5.94. The molecule has 6 heteroatoms. The number of aromatic amines is 1. The third-order valence-electron chi connectivity index (χ3n) is 3.02. The molecule has 1 aromatic carbocycles. The fourth-order valence-electron chi connectivity index (χ4n) is 1.92. The maximum Gasteiger partial charge on any atom is 0.270 e. The zero-order valence-corrected chi connectivity index (χ0v) is 10.6. The summed E-state index contributed by atoms with van der Waals surface area (Å²) in [6.45, 7) is 0.315. The fourth-order valence-corrected chi connectivity index (χ4v) is 1.92. The van der Waals surface area contributed by atoms with Crippen molar-refractivity contribution in [1.82, 2.24) is 20.5 Å². The fraction of sp³-hybridized carbons (Fsp3) is 0.0714. The number of hydrogen-bond donors (Lipinski definition) is 3. The molecule has 0 bridgehead atoms. The smallest absolute Gasteiger partial charge is 0.270 e. The van der Waals surface area contributed by atoms with Gasteiger partial charge in [-0.2, -0.15) is 5.10 Å². The van der Waals surface area contributed by atoms with Crippen molar-refractivity contribution in [3.05, 3.63) is 53.9 Å². The Morgan fingerprint density at radius 1 is 1.25 bits per heavy atom. The van der Waals surface area contributed by atoms with Crippen molar-refractivity contribution in [2.24, 2.45) is 0 Å². The second-order valence-electron chi connectivity index (χ2n) is 4.38. The molecule has 0 saturated carbocycles. The molecule has 6 nitrogen and oxygen atoms in total. The average molecular weight is 267 g/mol. The van der Waals surface area contributed by atoms with Crippen LogP contribution in [0.15, 0.2) is 42.6 Å². The Hall–Kier alpha value is -2.89. The molecule has 1 amide bonds. The number of nitrogen functional groups attached to an aromatic ring is 1. The van der Waals surface area contributed by atoms with Gasteiger partial charge in [0.2, 0.25) is 0 Å². The van der Waals surface area contributed by atoms with Crippen molar-refractivity contribution in [2.45, 2.75) is 6.54 Å². The standard InChI is InChI=1S/C14H13N5O/c15-13-10(8-17-19-13)7-16-14(20)12-6-5-9-3-1-2-4-11(9)18-12/h1-6,8H,7H2,(H,16,20)(H3,15,17,19). The topological polar surface area (TPSA) is 96.7 Å². The molecular weight excluding hydrogens is 254 g/mol. The maximum absolute atomic E-state index is 12.0. The first-order valence-electron chi connectivity index (χ1n) is 6.16. The predicted molar refractivity (Wildman–Crippen MR) is 75.9 cm³/mol. The molecule has 2 aromatic heterocycles. The predicted octanol–water partition coefficient (Wildman–Crippen LogP) is 1.47. The maximum atomic E-state index is 12.0. The van der Waals surface area contributed by atoms with Gasteiger partial charge in [-0.25, -0.2) is 4.98 Å². The normalized spacial score (nSPS) is 10.6. The first-order valence-corrected chi connectivity index (χ1v) is 6.16. The van der Waals surface area contributed by atoms with Gasteiger partial charge in [0.1, 0.15) is 11.5 Å². The van der Waals surface area contributed by atoms with E-state index in [1.807, 2.05) is 30.3 Å². The minimum atomic E-state index is -0.239. The number of anilines is 1. The number of carbonyl (C=O) groups excluding carboxylic acids is 1. The average Bonchev–Trinajstić information content (AvgIpc) is 2.89. The van der Waals surface area contributed by atoms with Crippen LogP contribution in [0.5, 0.6) is 0 Å². The molecule has 0 atom stereocenters. The first kappa shape index (κ1) is 12.2. The van der Waals surface area contributed by atoms with Crippen molar-refractivity contribution < 1.29 is 4.79 Å². The molecule has 0 unspecified atom stereocenters. The summed E-state index contributed by atoms with van der Waals surface area (Å²) in [4.78, 5) is 16.4. The molecule has 0 saturated heterocycles. The molecule has 0 aliphatic rings. The van der Waals surface area contributed by atoms with Gasteiger partial charge in [-0.15, -0.1) is 0 Å². The summed E-state index contributed by atoms with van der Waals surface area (Å²) in [5, 5.41) is 10.2. The van der Waals surface area contributed by atoms with Gasteiger partial charge < -0.3 is 11.1 Å². The van der Waals surface area contributed by atoms with Crippen LogP contribution in [0, 0.1) is 0 Å². The molecule has 0 fully saturated rings. The van der Waals surface area contributed by atoms with Gasteiger partial charge in [-0.3, -0.25) is 9.89 Å². The Bertz CT molecular complexity index is 765. The van der Waals surface area contributed by atoms with Crippen molar-refractivity contribution >= 4 is 22.6 Å². The molecule has 0 spiro atoms. The number of pyridine rings is 1. The van der Waals surface area contributed by atoms with E-state index in [2.05, 4.69) is 20.5 Å². The Kier molecular flexibility index (Phi) is 3.04. The zero-order chi connectivity index (χ0) is 13.9. The van der Waals surface area contributed by atoms with E-state index in [1.54, 1.807) is 12.3 Å². The summed E-state index contributed by atoms with van der Waals surface area (Å²) in [7, 11) is 0. The molecule has 2 heterocycles. The van der Waals surface area contributed by atoms with Crippen LogP contribution in [0.2, 0.25) is 0 Å². The lowest BCUT2D eigenvalue weighted by Gasteiger charge is -2.05. The highest BCUT2D eigenvalue weighted by atomic mass is 16.1. The first-order chi connectivity index (χ1) is 9.74. The molecule has 3 aromatic rings. The van der Waals surface area contributed by atoms with Crippen LogP contribution in [-0.2, 0) is 6.54 Å². The Balaban J connectivity index is 1.77. The summed E-state index contributed by atoms with van der Waals surface area (Å²) < 4.78 is 0. The number of nitrogens with one attached hydrogen (secondary N) is 2. The summed E-state index contributed by atoms with van der Waals surface area (Å²) in [5.74, 6) is 0.216. The molecule has 4 N–H and O–H groups in total. The lowest BCUT2D eigenvalue weighted by molar-refractivity contribution is 0.0946. The SMILES string of the molecule is Nc1[nH]ncc1CNC(=O)c1ccc2ccccc2n1. The summed E-state index contributed by atoms with van der Waals surface area (Å²) in [5.41, 5.74) is 7.58. The van der Waals surface area contributed by atoms with Gasteiger partial charge >= 0.3 is 0 Å². The molecule has 3 rings (SSSR count). The number of aromatic nitrogens is 3. The van der Waals surface area contributed by atoms with E-state index in [0.29, 0.717) is 18.1 Å². The van der Waals surface area contributed by atoms with E-state index in [4.69, 9.17) is 5.73 Å². The third-order valence-corrected chi connectivity index (χ3v) is 3.02. The molecular formula is C14H13N5O. The third kappa shape index (κ3) is 2.31. The van der Waals surface area contributed by atoms with Gasteiger partial charge in [0.15, 0.2) is 0 Å². The number of nitrogens with two attached hydrogens (primary N) is 1. The van der Waals surface area contributed by atoms with E-state index < -0.39 is 0 Å². The van der Waals surface area contributed by atoms with Crippen molar-refractivity contribution in [2.75, 3.05) is 5.73 Å². The molecule has 20 heavy (non-hydrogen) atoms. The number of H-pyrrole nitrogens is 1. The number of amides is 1. The quantitative estimate of drug-likeness (QED) is 0.669. The highest BCUT2D eigenvalue weighted by Crippen LogP contribution is 2.12. The number of rotatable bonds is 3. The Morgan fingerprint density at radius 3 is 2.90 bits per heavy atom.